The van der Waals surface area contributed by atoms with E-state index in [1.165, 1.54) is 29.5 Å². The number of hydrogen-bond acceptors (Lipinski definition) is 1. The Morgan fingerprint density at radius 1 is 1.12 bits per heavy atom. The van der Waals surface area contributed by atoms with Crippen LogP contribution in [0.5, 0.6) is 0 Å². The van der Waals surface area contributed by atoms with Crippen molar-refractivity contribution < 1.29 is 0 Å². The molecule has 0 spiro atoms. The Hall–Kier alpha value is -0.820. The third-order valence-electron chi connectivity index (χ3n) is 4.14. The zero-order chi connectivity index (χ0) is 12.0. The van der Waals surface area contributed by atoms with Crippen LogP contribution in [0.15, 0.2) is 18.2 Å². The molecule has 0 radical (unpaired) electrons. The fourth-order valence-electron chi connectivity index (χ4n) is 3.32. The highest BCUT2D eigenvalue weighted by atomic mass is 14.7. The molecule has 0 amide bonds. The smallest absolute Gasteiger partial charge is 0.00858 e. The molecule has 0 saturated heterocycles. The standard InChI is InChI=1S/C15H23N/c1-11-5-6-13(7-12(11)2)15(10-16)8-14(3,4)9-15/h5-7H,8-10,16H2,1-4H3. The van der Waals surface area contributed by atoms with Gasteiger partial charge < -0.3 is 5.73 Å². The van der Waals surface area contributed by atoms with Crippen LogP contribution in [-0.4, -0.2) is 6.54 Å². The Balaban J connectivity index is 2.32. The molecule has 1 aliphatic carbocycles. The predicted molar refractivity (Wildman–Crippen MR) is 69.7 cm³/mol. The predicted octanol–water partition coefficient (Wildman–Crippen LogP) is 3.32. The van der Waals surface area contributed by atoms with E-state index in [2.05, 4.69) is 45.9 Å². The van der Waals surface area contributed by atoms with E-state index in [1.807, 2.05) is 0 Å². The van der Waals surface area contributed by atoms with Gasteiger partial charge in [0.2, 0.25) is 0 Å². The number of benzene rings is 1. The summed E-state index contributed by atoms with van der Waals surface area (Å²) in [6.07, 6.45) is 2.44. The van der Waals surface area contributed by atoms with Crippen molar-refractivity contribution in [3.63, 3.8) is 0 Å². The summed E-state index contributed by atoms with van der Waals surface area (Å²) in [4.78, 5) is 0. The van der Waals surface area contributed by atoms with Gasteiger partial charge in [0, 0.05) is 12.0 Å². The SMILES string of the molecule is Cc1ccc(C2(CN)CC(C)(C)C2)cc1C. The lowest BCUT2D eigenvalue weighted by Gasteiger charge is -2.53. The summed E-state index contributed by atoms with van der Waals surface area (Å²) >= 11 is 0. The molecule has 0 aromatic heterocycles. The molecule has 0 aliphatic heterocycles. The van der Waals surface area contributed by atoms with Crippen molar-refractivity contribution in [2.75, 3.05) is 6.54 Å². The summed E-state index contributed by atoms with van der Waals surface area (Å²) in [5.41, 5.74) is 10.9. The molecule has 1 nitrogen and oxygen atoms in total. The van der Waals surface area contributed by atoms with Gasteiger partial charge in [-0.3, -0.25) is 0 Å². The molecule has 2 N–H and O–H groups in total. The fraction of sp³-hybridized carbons (Fsp3) is 0.600. The topological polar surface area (TPSA) is 26.0 Å². The van der Waals surface area contributed by atoms with E-state index in [4.69, 9.17) is 5.73 Å². The van der Waals surface area contributed by atoms with E-state index < -0.39 is 0 Å². The maximum atomic E-state index is 6.01. The summed E-state index contributed by atoms with van der Waals surface area (Å²) in [6.45, 7) is 9.80. The minimum Gasteiger partial charge on any atom is -0.330 e. The summed E-state index contributed by atoms with van der Waals surface area (Å²) in [5.74, 6) is 0. The Bertz CT molecular complexity index is 396. The van der Waals surface area contributed by atoms with E-state index in [-0.39, 0.29) is 5.41 Å². The van der Waals surface area contributed by atoms with Gasteiger partial charge in [-0.25, -0.2) is 0 Å². The number of hydrogen-bond donors (Lipinski definition) is 1. The van der Waals surface area contributed by atoms with Crippen molar-refractivity contribution in [2.45, 2.75) is 46.0 Å². The van der Waals surface area contributed by atoms with Crippen molar-refractivity contribution >= 4 is 0 Å². The van der Waals surface area contributed by atoms with Crippen LogP contribution >= 0.6 is 0 Å². The Morgan fingerprint density at radius 2 is 1.75 bits per heavy atom. The fourth-order valence-corrected chi connectivity index (χ4v) is 3.32. The monoisotopic (exact) mass is 217 g/mol. The first kappa shape index (κ1) is 11.7. The molecule has 1 saturated carbocycles. The molecule has 1 fully saturated rings. The van der Waals surface area contributed by atoms with E-state index in [9.17, 15) is 0 Å². The summed E-state index contributed by atoms with van der Waals surface area (Å²) in [5, 5.41) is 0. The maximum Gasteiger partial charge on any atom is 0.00858 e. The summed E-state index contributed by atoms with van der Waals surface area (Å²) in [6, 6.07) is 6.83. The lowest BCUT2D eigenvalue weighted by molar-refractivity contribution is 0.0633. The third kappa shape index (κ3) is 1.78. The first-order valence-corrected chi connectivity index (χ1v) is 6.16. The molecule has 1 aromatic rings. The minimum atomic E-state index is 0.252. The molecule has 1 aromatic carbocycles. The quantitative estimate of drug-likeness (QED) is 0.808. The van der Waals surface area contributed by atoms with Crippen LogP contribution in [-0.2, 0) is 5.41 Å². The molecular weight excluding hydrogens is 194 g/mol. The first-order valence-electron chi connectivity index (χ1n) is 6.16. The number of aryl methyl sites for hydroxylation is 2. The van der Waals surface area contributed by atoms with E-state index >= 15 is 0 Å². The average Bonchev–Trinajstić information content (AvgIpc) is 2.18. The average molecular weight is 217 g/mol. The van der Waals surface area contributed by atoms with Crippen molar-refractivity contribution in [1.29, 1.82) is 0 Å². The largest absolute Gasteiger partial charge is 0.330 e. The van der Waals surface area contributed by atoms with Crippen LogP contribution in [0.1, 0.15) is 43.4 Å². The normalized spacial score (nSPS) is 21.6. The molecule has 88 valence electrons. The van der Waals surface area contributed by atoms with Gasteiger partial charge in [0.25, 0.3) is 0 Å². The van der Waals surface area contributed by atoms with Crippen LogP contribution in [0.4, 0.5) is 0 Å². The van der Waals surface area contributed by atoms with Crippen molar-refractivity contribution in [2.24, 2.45) is 11.1 Å². The number of nitrogens with two attached hydrogens (primary N) is 1. The minimum absolute atomic E-state index is 0.252. The molecular formula is C15H23N. The molecule has 1 heteroatoms. The van der Waals surface area contributed by atoms with Gasteiger partial charge in [-0.1, -0.05) is 32.0 Å². The van der Waals surface area contributed by atoms with Crippen molar-refractivity contribution in [3.8, 4) is 0 Å². The van der Waals surface area contributed by atoms with Gasteiger partial charge in [0.05, 0.1) is 0 Å². The third-order valence-corrected chi connectivity index (χ3v) is 4.14. The highest BCUT2D eigenvalue weighted by Gasteiger charge is 2.49. The molecule has 0 heterocycles. The molecule has 0 bridgehead atoms. The molecule has 16 heavy (non-hydrogen) atoms. The van der Waals surface area contributed by atoms with Gasteiger partial charge in [0.1, 0.15) is 0 Å². The molecule has 2 rings (SSSR count). The second-order valence-electron chi connectivity index (χ2n) is 6.30. The van der Waals surface area contributed by atoms with Crippen LogP contribution in [0, 0.1) is 19.3 Å². The number of rotatable bonds is 2. The van der Waals surface area contributed by atoms with Gasteiger partial charge in [-0.2, -0.15) is 0 Å². The Morgan fingerprint density at radius 3 is 2.19 bits per heavy atom. The van der Waals surface area contributed by atoms with Crippen LogP contribution in [0.3, 0.4) is 0 Å². The van der Waals surface area contributed by atoms with E-state index in [1.54, 1.807) is 0 Å². The Kier molecular flexibility index (Phi) is 2.62. The maximum absolute atomic E-state index is 6.01. The summed E-state index contributed by atoms with van der Waals surface area (Å²) in [7, 11) is 0. The summed E-state index contributed by atoms with van der Waals surface area (Å²) < 4.78 is 0. The zero-order valence-electron chi connectivity index (χ0n) is 10.9. The first-order chi connectivity index (χ1) is 7.38. The van der Waals surface area contributed by atoms with Crippen molar-refractivity contribution in [3.05, 3.63) is 34.9 Å². The van der Waals surface area contributed by atoms with Crippen LogP contribution in [0.2, 0.25) is 0 Å². The van der Waals surface area contributed by atoms with Gasteiger partial charge >= 0.3 is 0 Å². The highest BCUT2D eigenvalue weighted by Crippen LogP contribution is 2.54. The van der Waals surface area contributed by atoms with Crippen LogP contribution < -0.4 is 5.73 Å². The zero-order valence-corrected chi connectivity index (χ0v) is 10.9. The van der Waals surface area contributed by atoms with Gasteiger partial charge in [-0.05, 0) is 48.8 Å². The van der Waals surface area contributed by atoms with Gasteiger partial charge in [-0.15, -0.1) is 0 Å². The highest BCUT2D eigenvalue weighted by molar-refractivity contribution is 5.37. The second kappa shape index (κ2) is 3.59. The van der Waals surface area contributed by atoms with Crippen molar-refractivity contribution in [1.82, 2.24) is 0 Å². The van der Waals surface area contributed by atoms with E-state index in [0.29, 0.717) is 5.41 Å². The lowest BCUT2D eigenvalue weighted by Crippen LogP contribution is -2.51. The van der Waals surface area contributed by atoms with Gasteiger partial charge in [0.15, 0.2) is 0 Å². The molecule has 0 unspecified atom stereocenters. The lowest BCUT2D eigenvalue weighted by atomic mass is 9.52. The van der Waals surface area contributed by atoms with Crippen LogP contribution in [0.25, 0.3) is 0 Å². The Labute approximate surface area is 99.0 Å². The molecule has 1 aliphatic rings. The second-order valence-corrected chi connectivity index (χ2v) is 6.30. The molecule has 0 atom stereocenters. The van der Waals surface area contributed by atoms with E-state index in [0.717, 1.165) is 6.54 Å².